The Kier molecular flexibility index (Phi) is 4.59. The van der Waals surface area contributed by atoms with E-state index < -0.39 is 35.5 Å². The van der Waals surface area contributed by atoms with E-state index in [1.165, 1.54) is 12.1 Å². The van der Waals surface area contributed by atoms with Crippen molar-refractivity contribution in [1.29, 1.82) is 0 Å². The van der Waals surface area contributed by atoms with Crippen molar-refractivity contribution in [3.8, 4) is 0 Å². The number of hydrogen-bond donors (Lipinski definition) is 2. The largest absolute Gasteiger partial charge is 0.392 e. The quantitative estimate of drug-likeness (QED) is 0.910. The van der Waals surface area contributed by atoms with Crippen molar-refractivity contribution in [2.45, 2.75) is 13.2 Å². The molecule has 2 N–H and O–H groups in total. The van der Waals surface area contributed by atoms with Crippen molar-refractivity contribution < 1.29 is 23.1 Å². The van der Waals surface area contributed by atoms with Crippen molar-refractivity contribution in [3.05, 3.63) is 70.5 Å². The van der Waals surface area contributed by atoms with Crippen molar-refractivity contribution in [3.63, 3.8) is 0 Å². The van der Waals surface area contributed by atoms with E-state index in [0.717, 1.165) is 24.3 Å². The van der Waals surface area contributed by atoms with Crippen LogP contribution < -0.4 is 5.32 Å². The maximum Gasteiger partial charge on any atom is 0.254 e. The molecular weight excluding hydrogens is 283 g/mol. The number of benzene rings is 2. The number of carbonyl (C=O) groups excluding carboxylic acids is 1. The highest BCUT2D eigenvalue weighted by Gasteiger charge is 2.12. The van der Waals surface area contributed by atoms with Crippen LogP contribution in [-0.2, 0) is 13.2 Å². The van der Waals surface area contributed by atoms with Gasteiger partial charge in [0.2, 0.25) is 0 Å². The predicted octanol–water partition coefficient (Wildman–Crippen LogP) is 2.53. The van der Waals surface area contributed by atoms with E-state index in [1.807, 2.05) is 0 Å². The van der Waals surface area contributed by atoms with Gasteiger partial charge in [0, 0.05) is 12.1 Å². The third-order valence-corrected chi connectivity index (χ3v) is 2.91. The highest BCUT2D eigenvalue weighted by Crippen LogP contribution is 2.12. The first-order chi connectivity index (χ1) is 10.0. The highest BCUT2D eigenvalue weighted by atomic mass is 19.1. The topological polar surface area (TPSA) is 49.3 Å². The molecular formula is C15H12F3NO2. The second-order valence-corrected chi connectivity index (χ2v) is 4.39. The molecule has 6 heteroatoms. The fraction of sp³-hybridized carbons (Fsp3) is 0.133. The molecule has 2 aromatic carbocycles. The number of rotatable bonds is 4. The van der Waals surface area contributed by atoms with Crippen molar-refractivity contribution in [1.82, 2.24) is 5.32 Å². The molecule has 110 valence electrons. The maximum absolute atomic E-state index is 13.4. The molecule has 0 radical (unpaired) electrons. The van der Waals surface area contributed by atoms with Crippen molar-refractivity contribution in [2.75, 3.05) is 0 Å². The second-order valence-electron chi connectivity index (χ2n) is 4.39. The van der Waals surface area contributed by atoms with Gasteiger partial charge in [-0.15, -0.1) is 0 Å². The summed E-state index contributed by atoms with van der Waals surface area (Å²) < 4.78 is 39.6. The Hall–Kier alpha value is -2.34. The van der Waals surface area contributed by atoms with Crippen LogP contribution in [0.2, 0.25) is 0 Å². The summed E-state index contributed by atoms with van der Waals surface area (Å²) in [5.41, 5.74) is 0.226. The van der Waals surface area contributed by atoms with E-state index in [2.05, 4.69) is 5.32 Å². The van der Waals surface area contributed by atoms with Gasteiger partial charge in [0.25, 0.3) is 5.91 Å². The second kappa shape index (κ2) is 6.41. The van der Waals surface area contributed by atoms with Gasteiger partial charge >= 0.3 is 0 Å². The minimum absolute atomic E-state index is 0.00205. The van der Waals surface area contributed by atoms with Gasteiger partial charge in [-0.05, 0) is 35.9 Å². The summed E-state index contributed by atoms with van der Waals surface area (Å²) in [6.07, 6.45) is 0. The molecule has 0 saturated heterocycles. The van der Waals surface area contributed by atoms with Crippen LogP contribution in [0.15, 0.2) is 36.4 Å². The van der Waals surface area contributed by atoms with Crippen LogP contribution in [0.5, 0.6) is 0 Å². The fourth-order valence-electron chi connectivity index (χ4n) is 1.81. The van der Waals surface area contributed by atoms with Gasteiger partial charge in [-0.1, -0.05) is 6.07 Å². The molecule has 0 aromatic heterocycles. The van der Waals surface area contributed by atoms with Gasteiger partial charge in [0.15, 0.2) is 0 Å². The Morgan fingerprint density at radius 1 is 1.05 bits per heavy atom. The van der Waals surface area contributed by atoms with E-state index >= 15 is 0 Å². The summed E-state index contributed by atoms with van der Waals surface area (Å²) in [6.45, 7) is -0.464. The lowest BCUT2D eigenvalue weighted by atomic mass is 10.1. The van der Waals surface area contributed by atoms with Crippen LogP contribution in [-0.4, -0.2) is 11.0 Å². The maximum atomic E-state index is 13.4. The van der Waals surface area contributed by atoms with Crippen LogP contribution in [0.1, 0.15) is 21.5 Å². The summed E-state index contributed by atoms with van der Waals surface area (Å²) in [6, 6.07) is 6.56. The summed E-state index contributed by atoms with van der Waals surface area (Å²) in [5, 5.41) is 11.4. The molecule has 0 aliphatic rings. The van der Waals surface area contributed by atoms with Crippen molar-refractivity contribution in [2.24, 2.45) is 0 Å². The molecule has 0 bridgehead atoms. The normalized spacial score (nSPS) is 10.5. The lowest BCUT2D eigenvalue weighted by molar-refractivity contribution is 0.0946. The molecule has 2 aromatic rings. The van der Waals surface area contributed by atoms with Crippen LogP contribution in [0, 0.1) is 17.5 Å². The number of aliphatic hydroxyl groups is 1. The third kappa shape index (κ3) is 3.61. The van der Waals surface area contributed by atoms with Gasteiger partial charge in [-0.25, -0.2) is 13.2 Å². The number of halogens is 3. The molecule has 0 saturated carbocycles. The SMILES string of the molecule is O=C(NCc1ccc(F)c(CO)c1)c1cc(F)ccc1F. The molecule has 0 aliphatic heterocycles. The van der Waals surface area contributed by atoms with E-state index in [-0.39, 0.29) is 12.1 Å². The minimum Gasteiger partial charge on any atom is -0.392 e. The van der Waals surface area contributed by atoms with E-state index in [0.29, 0.717) is 5.56 Å². The standard InChI is InChI=1S/C15H12F3NO2/c16-11-2-4-14(18)12(6-11)15(21)19-7-9-1-3-13(17)10(5-9)8-20/h1-6,20H,7-8H2,(H,19,21). The molecule has 0 unspecified atom stereocenters. The summed E-state index contributed by atoms with van der Waals surface area (Å²) in [4.78, 5) is 11.8. The number of aliphatic hydroxyl groups excluding tert-OH is 1. The molecule has 0 heterocycles. The fourth-order valence-corrected chi connectivity index (χ4v) is 1.81. The Labute approximate surface area is 119 Å². The lowest BCUT2D eigenvalue weighted by Gasteiger charge is -2.08. The van der Waals surface area contributed by atoms with E-state index in [1.54, 1.807) is 0 Å². The van der Waals surface area contributed by atoms with Crippen molar-refractivity contribution >= 4 is 5.91 Å². The van der Waals surface area contributed by atoms with Gasteiger partial charge in [-0.2, -0.15) is 0 Å². The summed E-state index contributed by atoms with van der Waals surface area (Å²) >= 11 is 0. The van der Waals surface area contributed by atoms with Gasteiger partial charge < -0.3 is 10.4 Å². The van der Waals surface area contributed by atoms with Crippen LogP contribution in [0.25, 0.3) is 0 Å². The minimum atomic E-state index is -0.830. The Morgan fingerprint density at radius 2 is 1.76 bits per heavy atom. The lowest BCUT2D eigenvalue weighted by Crippen LogP contribution is -2.24. The number of hydrogen-bond acceptors (Lipinski definition) is 2. The van der Waals surface area contributed by atoms with Crippen LogP contribution in [0.3, 0.4) is 0 Å². The molecule has 0 atom stereocenters. The zero-order valence-electron chi connectivity index (χ0n) is 10.9. The Bertz CT molecular complexity index is 674. The summed E-state index contributed by atoms with van der Waals surface area (Å²) in [5.74, 6) is -2.87. The smallest absolute Gasteiger partial charge is 0.254 e. The summed E-state index contributed by atoms with van der Waals surface area (Å²) in [7, 11) is 0. The molecule has 0 fully saturated rings. The molecule has 2 rings (SSSR count). The zero-order chi connectivity index (χ0) is 15.4. The first-order valence-electron chi connectivity index (χ1n) is 6.12. The number of carbonyl (C=O) groups is 1. The van der Waals surface area contributed by atoms with Gasteiger partial charge in [-0.3, -0.25) is 4.79 Å². The predicted molar refractivity (Wildman–Crippen MR) is 69.9 cm³/mol. The number of nitrogens with one attached hydrogen (secondary N) is 1. The number of amides is 1. The van der Waals surface area contributed by atoms with E-state index in [9.17, 15) is 18.0 Å². The first-order valence-corrected chi connectivity index (χ1v) is 6.12. The molecule has 3 nitrogen and oxygen atoms in total. The van der Waals surface area contributed by atoms with Crippen LogP contribution >= 0.6 is 0 Å². The highest BCUT2D eigenvalue weighted by molar-refractivity contribution is 5.94. The molecule has 0 spiro atoms. The Morgan fingerprint density at radius 3 is 2.48 bits per heavy atom. The first kappa shape index (κ1) is 15.1. The van der Waals surface area contributed by atoms with E-state index in [4.69, 9.17) is 5.11 Å². The Balaban J connectivity index is 2.09. The molecule has 1 amide bonds. The third-order valence-electron chi connectivity index (χ3n) is 2.91. The average Bonchev–Trinajstić information content (AvgIpc) is 2.48. The zero-order valence-corrected chi connectivity index (χ0v) is 10.9. The average molecular weight is 295 g/mol. The van der Waals surface area contributed by atoms with Gasteiger partial charge in [0.1, 0.15) is 17.5 Å². The van der Waals surface area contributed by atoms with Gasteiger partial charge in [0.05, 0.1) is 12.2 Å². The van der Waals surface area contributed by atoms with Crippen LogP contribution in [0.4, 0.5) is 13.2 Å². The molecule has 21 heavy (non-hydrogen) atoms. The monoisotopic (exact) mass is 295 g/mol. The molecule has 0 aliphatic carbocycles.